The number of aromatic amines is 2. The summed E-state index contributed by atoms with van der Waals surface area (Å²) in [6.07, 6.45) is 4.83. The molecule has 26 heavy (non-hydrogen) atoms. The van der Waals surface area contributed by atoms with Gasteiger partial charge in [0, 0.05) is 18.7 Å². The molecule has 0 bridgehead atoms. The van der Waals surface area contributed by atoms with Crippen LogP contribution in [0.15, 0.2) is 9.79 Å². The highest BCUT2D eigenvalue weighted by molar-refractivity contribution is 5.74. The molecule has 0 spiro atoms. The molecule has 1 aliphatic heterocycles. The van der Waals surface area contributed by atoms with Crippen LogP contribution < -0.4 is 10.9 Å². The van der Waals surface area contributed by atoms with E-state index < -0.39 is 0 Å². The topological polar surface area (TPSA) is 110 Å². The first kappa shape index (κ1) is 18.5. The number of urea groups is 1. The van der Waals surface area contributed by atoms with Crippen molar-refractivity contribution in [3.8, 4) is 0 Å². The third kappa shape index (κ3) is 3.90. The first-order valence-corrected chi connectivity index (χ1v) is 9.10. The molecular weight excluding hydrogens is 334 g/mol. The Morgan fingerprint density at radius 1 is 1.35 bits per heavy atom. The van der Waals surface area contributed by atoms with Crippen LogP contribution in [0.25, 0.3) is 0 Å². The van der Waals surface area contributed by atoms with E-state index >= 15 is 0 Å². The number of rotatable bonds is 3. The molecule has 142 valence electrons. The van der Waals surface area contributed by atoms with Gasteiger partial charge in [-0.3, -0.25) is 9.89 Å². The van der Waals surface area contributed by atoms with E-state index in [0.29, 0.717) is 26.1 Å². The summed E-state index contributed by atoms with van der Waals surface area (Å²) in [6.45, 7) is 7.95. The molecule has 2 amide bonds. The number of aromatic nitrogens is 2. The molecule has 1 aromatic rings. The van der Waals surface area contributed by atoms with Crippen LogP contribution in [0.3, 0.4) is 0 Å². The van der Waals surface area contributed by atoms with Crippen molar-refractivity contribution in [2.75, 3.05) is 13.1 Å². The lowest BCUT2D eigenvalue weighted by atomic mass is 9.63. The Morgan fingerprint density at radius 3 is 2.85 bits per heavy atom. The number of aliphatic imine (C=N–C) groups is 1. The Morgan fingerprint density at radius 2 is 2.12 bits per heavy atom. The van der Waals surface area contributed by atoms with E-state index in [2.05, 4.69) is 41.3 Å². The van der Waals surface area contributed by atoms with Gasteiger partial charge in [-0.2, -0.15) is 0 Å². The van der Waals surface area contributed by atoms with Crippen molar-refractivity contribution >= 4 is 12.1 Å². The molecule has 1 fully saturated rings. The Hall–Kier alpha value is -2.34. The molecule has 2 unspecified atom stereocenters. The van der Waals surface area contributed by atoms with E-state index in [9.17, 15) is 14.4 Å². The SMILES string of the molecule is CC1(C)CC(N=C=O)CC(C)(CNC(=O)N2CCc3c([nH][nH]c3=O)C2)C1. The van der Waals surface area contributed by atoms with Crippen LogP contribution in [0.4, 0.5) is 4.79 Å². The number of H-pyrrole nitrogens is 2. The molecular formula is C18H27N5O3. The summed E-state index contributed by atoms with van der Waals surface area (Å²) >= 11 is 0. The maximum atomic E-state index is 12.6. The first-order valence-electron chi connectivity index (χ1n) is 9.10. The minimum Gasteiger partial charge on any atom is -0.337 e. The van der Waals surface area contributed by atoms with Crippen LogP contribution >= 0.6 is 0 Å². The zero-order chi connectivity index (χ0) is 18.9. The standard InChI is InChI=1S/C18H27N5O3/c1-17(2)6-12(20-11-24)7-18(3,9-17)10-19-16(26)23-5-4-13-14(8-23)21-22-15(13)25/h12H,4-10H2,1-3H3,(H,19,26)(H2,21,22,25). The van der Waals surface area contributed by atoms with Crippen molar-refractivity contribution in [3.05, 3.63) is 21.6 Å². The molecule has 3 N–H and O–H groups in total. The lowest BCUT2D eigenvalue weighted by Gasteiger charge is -2.45. The average Bonchev–Trinajstić information content (AvgIpc) is 2.92. The Bertz CT molecular complexity index is 789. The maximum Gasteiger partial charge on any atom is 0.317 e. The van der Waals surface area contributed by atoms with Gasteiger partial charge in [0.2, 0.25) is 6.08 Å². The molecule has 2 atom stereocenters. The summed E-state index contributed by atoms with van der Waals surface area (Å²) in [5, 5.41) is 8.46. The number of amides is 2. The fraction of sp³-hybridized carbons (Fsp3) is 0.722. The molecule has 2 aliphatic rings. The average molecular weight is 361 g/mol. The predicted molar refractivity (Wildman–Crippen MR) is 96.6 cm³/mol. The lowest BCUT2D eigenvalue weighted by Crippen LogP contribution is -2.49. The normalized spacial score (nSPS) is 27.3. The highest BCUT2D eigenvalue weighted by atomic mass is 16.2. The first-order chi connectivity index (χ1) is 12.2. The van der Waals surface area contributed by atoms with Crippen molar-refractivity contribution in [2.45, 2.75) is 59.0 Å². The zero-order valence-electron chi connectivity index (χ0n) is 15.6. The second-order valence-corrected chi connectivity index (χ2v) is 8.80. The number of carbonyl (C=O) groups is 1. The number of nitrogens with one attached hydrogen (secondary N) is 3. The van der Waals surface area contributed by atoms with E-state index in [-0.39, 0.29) is 28.5 Å². The minimum absolute atomic E-state index is 0.0411. The largest absolute Gasteiger partial charge is 0.337 e. The van der Waals surface area contributed by atoms with Crippen LogP contribution in [0, 0.1) is 10.8 Å². The van der Waals surface area contributed by atoms with Gasteiger partial charge in [0.05, 0.1) is 18.3 Å². The van der Waals surface area contributed by atoms with Gasteiger partial charge in [0.15, 0.2) is 0 Å². The van der Waals surface area contributed by atoms with E-state index in [1.165, 1.54) is 0 Å². The second-order valence-electron chi connectivity index (χ2n) is 8.80. The van der Waals surface area contributed by atoms with Crippen molar-refractivity contribution in [1.29, 1.82) is 0 Å². The van der Waals surface area contributed by atoms with Crippen LogP contribution in [-0.2, 0) is 17.8 Å². The Labute approximate surface area is 152 Å². The summed E-state index contributed by atoms with van der Waals surface area (Å²) in [4.78, 5) is 40.6. The van der Waals surface area contributed by atoms with Crippen LogP contribution in [0.2, 0.25) is 0 Å². The molecule has 1 aromatic heterocycles. The van der Waals surface area contributed by atoms with Gasteiger partial charge in [-0.1, -0.05) is 20.8 Å². The van der Waals surface area contributed by atoms with Gasteiger partial charge in [-0.25, -0.2) is 14.6 Å². The Balaban J connectivity index is 1.61. The molecule has 8 heteroatoms. The van der Waals surface area contributed by atoms with Gasteiger partial charge in [0.1, 0.15) is 0 Å². The van der Waals surface area contributed by atoms with Crippen LogP contribution in [0.5, 0.6) is 0 Å². The molecule has 2 heterocycles. The van der Waals surface area contributed by atoms with E-state index in [1.54, 1.807) is 11.0 Å². The number of isocyanates is 1. The quantitative estimate of drug-likeness (QED) is 0.563. The molecule has 3 rings (SSSR count). The van der Waals surface area contributed by atoms with E-state index in [0.717, 1.165) is 30.5 Å². The van der Waals surface area contributed by atoms with Crippen molar-refractivity contribution < 1.29 is 9.59 Å². The minimum atomic E-state index is -0.127. The highest BCUT2D eigenvalue weighted by Gasteiger charge is 2.41. The van der Waals surface area contributed by atoms with Crippen molar-refractivity contribution in [1.82, 2.24) is 20.4 Å². The zero-order valence-corrected chi connectivity index (χ0v) is 15.6. The highest BCUT2D eigenvalue weighted by Crippen LogP contribution is 2.46. The molecule has 8 nitrogen and oxygen atoms in total. The smallest absolute Gasteiger partial charge is 0.317 e. The molecule has 0 aromatic carbocycles. The summed E-state index contributed by atoms with van der Waals surface area (Å²) in [5.41, 5.74) is 1.37. The summed E-state index contributed by atoms with van der Waals surface area (Å²) in [7, 11) is 0. The number of nitrogens with zero attached hydrogens (tertiary/aromatic N) is 2. The van der Waals surface area contributed by atoms with E-state index in [4.69, 9.17) is 0 Å². The Kier molecular flexibility index (Phi) is 4.80. The predicted octanol–water partition coefficient (Wildman–Crippen LogP) is 1.69. The van der Waals surface area contributed by atoms with Gasteiger partial charge in [-0.05, 0) is 36.5 Å². The number of hydrogen-bond donors (Lipinski definition) is 3. The molecule has 1 saturated carbocycles. The molecule has 0 radical (unpaired) electrons. The molecule has 1 aliphatic carbocycles. The summed E-state index contributed by atoms with van der Waals surface area (Å²) in [5.74, 6) is 0. The fourth-order valence-electron chi connectivity index (χ4n) is 4.79. The van der Waals surface area contributed by atoms with Crippen molar-refractivity contribution in [3.63, 3.8) is 0 Å². The van der Waals surface area contributed by atoms with Crippen molar-refractivity contribution in [2.24, 2.45) is 15.8 Å². The van der Waals surface area contributed by atoms with Gasteiger partial charge >= 0.3 is 6.03 Å². The van der Waals surface area contributed by atoms with Gasteiger partial charge in [-0.15, -0.1) is 0 Å². The maximum absolute atomic E-state index is 12.6. The number of fused-ring (bicyclic) bond motifs is 1. The second kappa shape index (κ2) is 6.76. The number of carbonyl (C=O) groups excluding carboxylic acids is 2. The monoisotopic (exact) mass is 361 g/mol. The van der Waals surface area contributed by atoms with E-state index in [1.807, 2.05) is 0 Å². The van der Waals surface area contributed by atoms with Crippen LogP contribution in [0.1, 0.15) is 51.3 Å². The third-order valence-electron chi connectivity index (χ3n) is 5.56. The fourth-order valence-corrected chi connectivity index (χ4v) is 4.79. The number of hydrogen-bond acceptors (Lipinski definition) is 4. The summed E-state index contributed by atoms with van der Waals surface area (Å²) in [6, 6.07) is -0.168. The molecule has 0 saturated heterocycles. The van der Waals surface area contributed by atoms with Crippen LogP contribution in [-0.4, -0.2) is 46.3 Å². The van der Waals surface area contributed by atoms with Gasteiger partial charge in [0.25, 0.3) is 5.56 Å². The third-order valence-corrected chi connectivity index (χ3v) is 5.56. The van der Waals surface area contributed by atoms with Gasteiger partial charge < -0.3 is 15.3 Å². The summed E-state index contributed by atoms with van der Waals surface area (Å²) < 4.78 is 0. The lowest BCUT2D eigenvalue weighted by molar-refractivity contribution is 0.0828.